The lowest BCUT2D eigenvalue weighted by Gasteiger charge is -2.29. The lowest BCUT2D eigenvalue weighted by atomic mass is 9.97. The van der Waals surface area contributed by atoms with Crippen LogP contribution >= 0.6 is 11.6 Å². The summed E-state index contributed by atoms with van der Waals surface area (Å²) in [6, 6.07) is 17.2. The topological polar surface area (TPSA) is 49.4 Å². The Balaban J connectivity index is 1.49. The molecule has 0 bridgehead atoms. The fraction of sp³-hybridized carbons (Fsp3) is 0.259. The molecule has 0 radical (unpaired) electrons. The zero-order valence-electron chi connectivity index (χ0n) is 18.9. The number of alkyl halides is 4. The highest BCUT2D eigenvalue weighted by atomic mass is 35.5. The quantitative estimate of drug-likeness (QED) is 0.391. The number of hydrogen-bond acceptors (Lipinski definition) is 2. The Bertz CT molecular complexity index is 1230. The smallest absolute Gasteiger partial charge is 0.338 e. The van der Waals surface area contributed by atoms with E-state index in [1.807, 2.05) is 17.0 Å². The molecule has 35 heavy (non-hydrogen) atoms. The molecule has 0 saturated carbocycles. The van der Waals surface area contributed by atoms with Crippen LogP contribution in [0.3, 0.4) is 0 Å². The maximum atomic E-state index is 13.1. The van der Waals surface area contributed by atoms with Crippen LogP contribution in [0.1, 0.15) is 39.9 Å². The van der Waals surface area contributed by atoms with Gasteiger partial charge in [-0.25, -0.2) is 0 Å². The number of nitrogens with zero attached hydrogens (tertiary/aromatic N) is 1. The summed E-state index contributed by atoms with van der Waals surface area (Å²) in [6.45, 7) is 1.14. The molecule has 2 amide bonds. The van der Waals surface area contributed by atoms with Crippen molar-refractivity contribution >= 4 is 29.1 Å². The predicted octanol–water partition coefficient (Wildman–Crippen LogP) is 6.53. The van der Waals surface area contributed by atoms with Crippen LogP contribution in [0.15, 0.2) is 66.7 Å². The first kappa shape index (κ1) is 24.8. The first-order valence-electron chi connectivity index (χ1n) is 11.3. The minimum Gasteiger partial charge on any atom is -0.338 e. The normalized spacial score (nSPS) is 13.3. The molecule has 0 spiro atoms. The van der Waals surface area contributed by atoms with Gasteiger partial charge in [-0.3, -0.25) is 9.59 Å². The van der Waals surface area contributed by atoms with E-state index in [2.05, 4.69) is 5.32 Å². The second kappa shape index (κ2) is 10.5. The van der Waals surface area contributed by atoms with Gasteiger partial charge in [-0.05, 0) is 65.4 Å². The van der Waals surface area contributed by atoms with Gasteiger partial charge >= 0.3 is 6.18 Å². The third-order valence-electron chi connectivity index (χ3n) is 6.05. The molecule has 3 aromatic rings. The Morgan fingerprint density at radius 2 is 1.71 bits per heavy atom. The van der Waals surface area contributed by atoms with Gasteiger partial charge in [-0.15, -0.1) is 11.6 Å². The highest BCUT2D eigenvalue weighted by Gasteiger charge is 2.30. The second-order valence-corrected chi connectivity index (χ2v) is 8.79. The second-order valence-electron chi connectivity index (χ2n) is 8.42. The third-order valence-corrected chi connectivity index (χ3v) is 6.32. The van der Waals surface area contributed by atoms with Crippen LogP contribution in [0, 0.1) is 0 Å². The molecule has 8 heteroatoms. The van der Waals surface area contributed by atoms with Crippen molar-refractivity contribution in [2.24, 2.45) is 0 Å². The zero-order chi connectivity index (χ0) is 25.0. The molecule has 4 nitrogen and oxygen atoms in total. The van der Waals surface area contributed by atoms with E-state index in [-0.39, 0.29) is 11.8 Å². The number of benzene rings is 3. The van der Waals surface area contributed by atoms with Crippen molar-refractivity contribution in [2.75, 3.05) is 17.7 Å². The molecule has 0 atom stereocenters. The lowest BCUT2D eigenvalue weighted by molar-refractivity contribution is -0.137. The lowest BCUT2D eigenvalue weighted by Crippen LogP contribution is -2.35. The Morgan fingerprint density at radius 1 is 0.971 bits per heavy atom. The fourth-order valence-corrected chi connectivity index (χ4v) is 4.32. The minimum absolute atomic E-state index is 0.0913. The SMILES string of the molecule is O=C(Nc1ccc2c(c1)CCN(C(=O)CCCCl)C2)c1ccccc1-c1ccc(C(F)(F)F)cc1. The van der Waals surface area contributed by atoms with Crippen molar-refractivity contribution in [3.05, 3.63) is 89.0 Å². The maximum Gasteiger partial charge on any atom is 0.416 e. The van der Waals surface area contributed by atoms with E-state index in [9.17, 15) is 22.8 Å². The van der Waals surface area contributed by atoms with Gasteiger partial charge in [-0.1, -0.05) is 36.4 Å². The third kappa shape index (κ3) is 5.85. The average Bonchev–Trinajstić information content (AvgIpc) is 2.86. The first-order valence-corrected chi connectivity index (χ1v) is 11.8. The van der Waals surface area contributed by atoms with Gasteiger partial charge in [0.2, 0.25) is 5.91 Å². The molecular formula is C27H24ClF3N2O2. The number of rotatable bonds is 6. The van der Waals surface area contributed by atoms with Crippen LogP contribution in [0.5, 0.6) is 0 Å². The molecule has 0 aromatic heterocycles. The standard InChI is InChI=1S/C27H24ClF3N2O2/c28-14-3-6-25(34)33-15-13-19-16-22(12-9-20(19)17-33)32-26(35)24-5-2-1-4-23(24)18-7-10-21(11-8-18)27(29,30)31/h1-2,4-5,7-12,16H,3,6,13-15,17H2,(H,32,35). The molecule has 4 rings (SSSR count). The number of hydrogen-bond donors (Lipinski definition) is 1. The molecular weight excluding hydrogens is 477 g/mol. The van der Waals surface area contributed by atoms with Gasteiger partial charge in [0, 0.05) is 36.6 Å². The Labute approximate surface area is 206 Å². The number of halogens is 4. The average molecular weight is 501 g/mol. The van der Waals surface area contributed by atoms with Crippen molar-refractivity contribution in [3.8, 4) is 11.1 Å². The maximum absolute atomic E-state index is 13.1. The van der Waals surface area contributed by atoms with Crippen molar-refractivity contribution in [1.82, 2.24) is 4.90 Å². The summed E-state index contributed by atoms with van der Waals surface area (Å²) >= 11 is 5.69. The fourth-order valence-electron chi connectivity index (χ4n) is 4.19. The monoisotopic (exact) mass is 500 g/mol. The zero-order valence-corrected chi connectivity index (χ0v) is 19.6. The molecule has 3 aromatic carbocycles. The number of nitrogens with one attached hydrogen (secondary N) is 1. The highest BCUT2D eigenvalue weighted by molar-refractivity contribution is 6.17. The number of carbonyl (C=O) groups excluding carboxylic acids is 2. The van der Waals surface area contributed by atoms with Gasteiger partial charge in [0.25, 0.3) is 5.91 Å². The van der Waals surface area contributed by atoms with Crippen LogP contribution < -0.4 is 5.32 Å². The first-order chi connectivity index (χ1) is 16.8. The van der Waals surface area contributed by atoms with Crippen molar-refractivity contribution in [1.29, 1.82) is 0 Å². The molecule has 1 aliphatic rings. The summed E-state index contributed by atoms with van der Waals surface area (Å²) in [4.78, 5) is 27.2. The van der Waals surface area contributed by atoms with Crippen LogP contribution in [0.25, 0.3) is 11.1 Å². The largest absolute Gasteiger partial charge is 0.416 e. The number of fused-ring (bicyclic) bond motifs is 1. The molecule has 0 fully saturated rings. The van der Waals surface area contributed by atoms with Crippen molar-refractivity contribution in [3.63, 3.8) is 0 Å². The van der Waals surface area contributed by atoms with Crippen molar-refractivity contribution < 1.29 is 22.8 Å². The van der Waals surface area contributed by atoms with E-state index in [4.69, 9.17) is 11.6 Å². The van der Waals surface area contributed by atoms with Gasteiger partial charge in [0.05, 0.1) is 5.56 Å². The molecule has 1 aliphatic heterocycles. The van der Waals surface area contributed by atoms with E-state index in [0.29, 0.717) is 60.6 Å². The van der Waals surface area contributed by atoms with Crippen LogP contribution in [0.2, 0.25) is 0 Å². The van der Waals surface area contributed by atoms with Gasteiger partial charge < -0.3 is 10.2 Å². The molecule has 182 valence electrons. The van der Waals surface area contributed by atoms with Crippen LogP contribution in [-0.4, -0.2) is 29.1 Å². The summed E-state index contributed by atoms with van der Waals surface area (Å²) < 4.78 is 38.7. The molecule has 1 heterocycles. The minimum atomic E-state index is -4.42. The molecule has 0 saturated heterocycles. The Hall–Kier alpha value is -3.32. The van der Waals surface area contributed by atoms with Gasteiger partial charge in [-0.2, -0.15) is 13.2 Å². The molecule has 0 aliphatic carbocycles. The van der Waals surface area contributed by atoms with Crippen LogP contribution in [-0.2, 0) is 23.9 Å². The molecule has 1 N–H and O–H groups in total. The number of anilines is 1. The van der Waals surface area contributed by atoms with E-state index < -0.39 is 11.7 Å². The predicted molar refractivity (Wildman–Crippen MR) is 130 cm³/mol. The van der Waals surface area contributed by atoms with E-state index >= 15 is 0 Å². The van der Waals surface area contributed by atoms with E-state index in [1.165, 1.54) is 12.1 Å². The summed E-state index contributed by atoms with van der Waals surface area (Å²) in [5.41, 5.74) is 3.42. The van der Waals surface area contributed by atoms with Gasteiger partial charge in [0.15, 0.2) is 0 Å². The molecule has 0 unspecified atom stereocenters. The summed E-state index contributed by atoms with van der Waals surface area (Å²) in [5, 5.41) is 2.90. The summed E-state index contributed by atoms with van der Waals surface area (Å²) in [5.74, 6) is 0.198. The van der Waals surface area contributed by atoms with Crippen molar-refractivity contribution in [2.45, 2.75) is 32.0 Å². The van der Waals surface area contributed by atoms with E-state index in [1.54, 1.807) is 30.3 Å². The Kier molecular flexibility index (Phi) is 7.45. The number of amides is 2. The van der Waals surface area contributed by atoms with Gasteiger partial charge in [0.1, 0.15) is 0 Å². The van der Waals surface area contributed by atoms with Crippen LogP contribution in [0.4, 0.5) is 18.9 Å². The summed E-state index contributed by atoms with van der Waals surface area (Å²) in [7, 11) is 0. The number of carbonyl (C=O) groups is 2. The highest BCUT2D eigenvalue weighted by Crippen LogP contribution is 2.32. The Morgan fingerprint density at radius 3 is 2.43 bits per heavy atom. The summed E-state index contributed by atoms with van der Waals surface area (Å²) in [6.07, 6.45) is -2.64. The van der Waals surface area contributed by atoms with E-state index in [0.717, 1.165) is 23.3 Å².